The Morgan fingerprint density at radius 1 is 0.936 bits per heavy atom. The molecule has 0 aliphatic carbocycles. The smallest absolute Gasteiger partial charge is 0.416 e. The second-order valence-electron chi connectivity index (χ2n) is 12.1. The highest BCUT2D eigenvalue weighted by Gasteiger charge is 2.53. The average molecular weight is 670 g/mol. The van der Waals surface area contributed by atoms with Crippen molar-refractivity contribution in [1.29, 1.82) is 0 Å². The predicted octanol–water partition coefficient (Wildman–Crippen LogP) is 2.80. The zero-order valence-electron chi connectivity index (χ0n) is 27.3. The maximum absolute atomic E-state index is 14.3. The van der Waals surface area contributed by atoms with E-state index in [1.54, 1.807) is 13.8 Å². The highest BCUT2D eigenvalue weighted by atomic mass is 19.4. The number of halogens is 3. The van der Waals surface area contributed by atoms with Crippen molar-refractivity contribution in [2.24, 2.45) is 5.92 Å². The molecule has 3 amide bonds. The molecule has 2 aliphatic heterocycles. The van der Waals surface area contributed by atoms with Crippen LogP contribution < -0.4 is 5.32 Å². The Labute approximate surface area is 271 Å². The number of nitrogens with zero attached hydrogens (tertiary/aromatic N) is 2. The third-order valence-electron chi connectivity index (χ3n) is 8.78. The zero-order valence-corrected chi connectivity index (χ0v) is 27.3. The molecule has 2 heterocycles. The second kappa shape index (κ2) is 15.2. The van der Waals surface area contributed by atoms with E-state index >= 15 is 0 Å². The van der Waals surface area contributed by atoms with E-state index in [1.165, 1.54) is 35.8 Å². The van der Waals surface area contributed by atoms with Crippen molar-refractivity contribution in [2.75, 3.05) is 20.2 Å². The summed E-state index contributed by atoms with van der Waals surface area (Å²) in [5.41, 5.74) is -2.26. The molecule has 260 valence electrons. The predicted molar refractivity (Wildman–Crippen MR) is 159 cm³/mol. The van der Waals surface area contributed by atoms with E-state index in [9.17, 15) is 41.9 Å². The molecule has 0 aromatic heterocycles. The third-order valence-corrected chi connectivity index (χ3v) is 8.78. The van der Waals surface area contributed by atoms with Crippen molar-refractivity contribution < 1.29 is 56.1 Å². The Hall–Kier alpha value is -4.17. The Kier molecular flexibility index (Phi) is 12.0. The van der Waals surface area contributed by atoms with E-state index < -0.39 is 83.1 Å². The lowest BCUT2D eigenvalue weighted by molar-refractivity contribution is -0.160. The number of ether oxygens (including phenoxy) is 3. The maximum atomic E-state index is 14.3. The molecule has 1 N–H and O–H groups in total. The lowest BCUT2D eigenvalue weighted by atomic mass is 9.85. The quantitative estimate of drug-likeness (QED) is 0.277. The molecule has 12 nitrogen and oxygen atoms in total. The number of likely N-dealkylation sites (tertiary alicyclic amines) is 2. The highest BCUT2D eigenvalue weighted by molar-refractivity contribution is 5.97. The normalized spacial score (nSPS) is 22.1. The maximum Gasteiger partial charge on any atom is 0.416 e. The summed E-state index contributed by atoms with van der Waals surface area (Å²) in [6.07, 6.45) is -5.52. The van der Waals surface area contributed by atoms with Crippen LogP contribution in [0.15, 0.2) is 24.3 Å². The number of benzene rings is 1. The van der Waals surface area contributed by atoms with Gasteiger partial charge in [0.05, 0.1) is 18.6 Å². The monoisotopic (exact) mass is 669 g/mol. The third kappa shape index (κ3) is 8.60. The number of rotatable bonds is 11. The van der Waals surface area contributed by atoms with Crippen LogP contribution in [0.1, 0.15) is 71.4 Å². The molecule has 2 aliphatic rings. The fourth-order valence-corrected chi connectivity index (χ4v) is 6.24. The summed E-state index contributed by atoms with van der Waals surface area (Å²) in [6.45, 7) is 7.23. The number of carbonyl (C=O) groups excluding carboxylic acids is 6. The van der Waals surface area contributed by atoms with Crippen molar-refractivity contribution in [3.8, 4) is 0 Å². The van der Waals surface area contributed by atoms with Gasteiger partial charge in [0.25, 0.3) is 0 Å². The average Bonchev–Trinajstić information content (AvgIpc) is 3.66. The highest BCUT2D eigenvalue weighted by Crippen LogP contribution is 2.37. The van der Waals surface area contributed by atoms with Crippen LogP contribution in [0.2, 0.25) is 0 Å². The molecule has 0 radical (unpaired) electrons. The first kappa shape index (κ1) is 37.3. The molecular formula is C32H42F3N3O9. The summed E-state index contributed by atoms with van der Waals surface area (Å²) >= 11 is 0. The van der Waals surface area contributed by atoms with Gasteiger partial charge in [0.15, 0.2) is 6.04 Å². The summed E-state index contributed by atoms with van der Waals surface area (Å²) in [5.74, 6) is -4.72. The van der Waals surface area contributed by atoms with Crippen molar-refractivity contribution in [2.45, 2.75) is 103 Å². The van der Waals surface area contributed by atoms with Crippen molar-refractivity contribution in [3.05, 3.63) is 35.4 Å². The summed E-state index contributed by atoms with van der Waals surface area (Å²) in [5, 5.41) is 2.58. The zero-order chi connectivity index (χ0) is 35.3. The van der Waals surface area contributed by atoms with Crippen LogP contribution in [0.4, 0.5) is 13.2 Å². The summed E-state index contributed by atoms with van der Waals surface area (Å²) in [4.78, 5) is 80.7. The summed E-state index contributed by atoms with van der Waals surface area (Å²) in [7, 11) is 1.08. The molecular weight excluding hydrogens is 627 g/mol. The van der Waals surface area contributed by atoms with Gasteiger partial charge < -0.3 is 29.3 Å². The van der Waals surface area contributed by atoms with Crippen LogP contribution in [0.5, 0.6) is 0 Å². The number of methoxy groups -OCH3 is 1. The Morgan fingerprint density at radius 2 is 1.53 bits per heavy atom. The molecule has 0 saturated carbocycles. The Morgan fingerprint density at radius 3 is 2.09 bits per heavy atom. The second-order valence-corrected chi connectivity index (χ2v) is 12.1. The van der Waals surface area contributed by atoms with E-state index in [0.717, 1.165) is 26.2 Å². The number of hydrogen-bond donors (Lipinski definition) is 1. The minimum Gasteiger partial charge on any atom is -0.467 e. The molecule has 2 saturated heterocycles. The van der Waals surface area contributed by atoms with Crippen LogP contribution >= 0.6 is 0 Å². The summed E-state index contributed by atoms with van der Waals surface area (Å²) < 4.78 is 55.1. The van der Waals surface area contributed by atoms with Crippen molar-refractivity contribution in [3.63, 3.8) is 0 Å². The Bertz CT molecular complexity index is 1350. The molecule has 0 spiro atoms. The van der Waals surface area contributed by atoms with E-state index in [0.29, 0.717) is 24.8 Å². The number of amides is 3. The molecule has 0 bridgehead atoms. The fraction of sp³-hybridized carbons (Fsp3) is 0.625. The van der Waals surface area contributed by atoms with Crippen molar-refractivity contribution >= 4 is 35.6 Å². The van der Waals surface area contributed by atoms with Crippen LogP contribution in [-0.2, 0) is 55.6 Å². The van der Waals surface area contributed by atoms with Gasteiger partial charge >= 0.3 is 24.1 Å². The molecule has 47 heavy (non-hydrogen) atoms. The minimum atomic E-state index is -4.59. The van der Waals surface area contributed by atoms with Crippen molar-refractivity contribution in [1.82, 2.24) is 15.1 Å². The summed E-state index contributed by atoms with van der Waals surface area (Å²) in [6, 6.07) is 1.79. The number of esters is 3. The van der Waals surface area contributed by atoms with Crippen LogP contribution in [0, 0.1) is 5.92 Å². The molecule has 1 aromatic carbocycles. The van der Waals surface area contributed by atoms with Gasteiger partial charge in [-0.05, 0) is 57.2 Å². The largest absolute Gasteiger partial charge is 0.467 e. The van der Waals surface area contributed by atoms with E-state index in [4.69, 9.17) is 14.2 Å². The number of nitrogens with one attached hydrogen (secondary N) is 1. The first-order valence-electron chi connectivity index (χ1n) is 15.4. The van der Waals surface area contributed by atoms with Gasteiger partial charge in [-0.25, -0.2) is 4.79 Å². The van der Waals surface area contributed by atoms with E-state index in [2.05, 4.69) is 5.32 Å². The fourth-order valence-electron chi connectivity index (χ4n) is 6.24. The Balaban J connectivity index is 2.02. The van der Waals surface area contributed by atoms with Gasteiger partial charge in [-0.1, -0.05) is 19.1 Å². The van der Waals surface area contributed by atoms with Gasteiger partial charge in [-0.15, -0.1) is 0 Å². The standard InChI is InChI=1S/C32H42F3N3O9/c1-18(19(2)46-21(4)39)27(41)37-15-7-9-25(37)28(42)38-16-8-14-31(38,17-23-10-12-24(13-11-23)32(33,34)35)30(44)36-26(29(43)45-6)20(3)47-22(5)40/h10-13,18-20,25-26H,7-9,14-17H2,1-6H3,(H,36,44)/t18-,19+,20+,25-,26-,31?/m0/s1. The van der Waals surface area contributed by atoms with E-state index in [-0.39, 0.29) is 25.9 Å². The molecule has 6 atom stereocenters. The molecule has 2 fully saturated rings. The first-order valence-corrected chi connectivity index (χ1v) is 15.4. The van der Waals surface area contributed by atoms with Gasteiger partial charge in [0.2, 0.25) is 17.7 Å². The van der Waals surface area contributed by atoms with Gasteiger partial charge in [0, 0.05) is 33.4 Å². The molecule has 15 heteroatoms. The SMILES string of the molecule is COC(=O)[C@@H](NC(=O)C1(Cc2ccc(C(F)(F)F)cc2)CCCN1C(=O)[C@@H]1CCCN1C(=O)[C@@H](C)[C@@H](C)OC(C)=O)[C@@H](C)OC(C)=O. The van der Waals surface area contributed by atoms with Gasteiger partial charge in [-0.2, -0.15) is 13.2 Å². The number of carbonyl (C=O) groups is 6. The van der Waals surface area contributed by atoms with Crippen LogP contribution in [-0.4, -0.2) is 95.5 Å². The first-order chi connectivity index (χ1) is 21.9. The topological polar surface area (TPSA) is 149 Å². The van der Waals surface area contributed by atoms with Gasteiger partial charge in [0.1, 0.15) is 23.8 Å². The van der Waals surface area contributed by atoms with Crippen LogP contribution in [0.25, 0.3) is 0 Å². The molecule has 1 aromatic rings. The minimum absolute atomic E-state index is 0.0853. The molecule has 1 unspecified atom stereocenters. The molecule has 3 rings (SSSR count). The number of hydrogen-bond acceptors (Lipinski definition) is 9. The lowest BCUT2D eigenvalue weighted by Crippen LogP contribution is -2.64. The number of alkyl halides is 3. The van der Waals surface area contributed by atoms with E-state index in [1.807, 2.05) is 0 Å². The lowest BCUT2D eigenvalue weighted by Gasteiger charge is -2.41. The van der Waals surface area contributed by atoms with Crippen LogP contribution in [0.3, 0.4) is 0 Å². The van der Waals surface area contributed by atoms with Gasteiger partial charge in [-0.3, -0.25) is 24.0 Å².